The molecule has 0 aliphatic heterocycles. The van der Waals surface area contributed by atoms with E-state index in [4.69, 9.17) is 9.84 Å². The first-order valence-corrected chi connectivity index (χ1v) is 8.40. The maximum absolute atomic E-state index is 9.09. The Balaban J connectivity index is 4.03. The molecule has 0 heterocycles. The van der Waals surface area contributed by atoms with Gasteiger partial charge in [-0.3, -0.25) is 4.99 Å². The summed E-state index contributed by atoms with van der Waals surface area (Å²) in [7, 11) is 1.74. The molecule has 1 atom stereocenters. The number of unbranched alkanes of at least 4 members (excludes halogenated alkanes) is 2. The molecule has 5 heteroatoms. The molecule has 0 aromatic rings. The van der Waals surface area contributed by atoms with E-state index in [0.29, 0.717) is 5.92 Å². The van der Waals surface area contributed by atoms with E-state index in [9.17, 15) is 0 Å². The van der Waals surface area contributed by atoms with Gasteiger partial charge in [0.15, 0.2) is 5.96 Å². The molecule has 1 unspecified atom stereocenters. The second kappa shape index (κ2) is 15.6. The van der Waals surface area contributed by atoms with Gasteiger partial charge in [0.05, 0.1) is 0 Å². The standard InChI is InChI=1S/C16H35N3O2/c1-4-9-15(10-12-20)14-19-16(17-5-2)18-11-7-6-8-13-21-3/h15,20H,4-14H2,1-3H3,(H2,17,18,19). The average molecular weight is 301 g/mol. The van der Waals surface area contributed by atoms with Crippen LogP contribution in [0.5, 0.6) is 0 Å². The maximum Gasteiger partial charge on any atom is 0.191 e. The van der Waals surface area contributed by atoms with Crippen molar-refractivity contribution in [3.05, 3.63) is 0 Å². The van der Waals surface area contributed by atoms with Crippen LogP contribution in [0.4, 0.5) is 0 Å². The number of ether oxygens (including phenoxy) is 1. The molecule has 0 saturated carbocycles. The summed E-state index contributed by atoms with van der Waals surface area (Å²) in [5.74, 6) is 1.38. The van der Waals surface area contributed by atoms with Crippen molar-refractivity contribution in [2.75, 3.05) is 40.0 Å². The molecule has 5 nitrogen and oxygen atoms in total. The fourth-order valence-electron chi connectivity index (χ4n) is 2.23. The van der Waals surface area contributed by atoms with Crippen molar-refractivity contribution >= 4 is 5.96 Å². The number of aliphatic imine (C=N–C) groups is 1. The van der Waals surface area contributed by atoms with E-state index in [0.717, 1.165) is 64.3 Å². The van der Waals surface area contributed by atoms with Crippen LogP contribution in [0, 0.1) is 5.92 Å². The molecule has 0 aliphatic rings. The van der Waals surface area contributed by atoms with Crippen molar-refractivity contribution in [1.82, 2.24) is 10.6 Å². The SMILES string of the molecule is CCCC(CCO)CN=C(NCC)NCCCCCOC. The lowest BCUT2D eigenvalue weighted by molar-refractivity contribution is 0.192. The summed E-state index contributed by atoms with van der Waals surface area (Å²) in [4.78, 5) is 4.64. The fourth-order valence-corrected chi connectivity index (χ4v) is 2.23. The van der Waals surface area contributed by atoms with Crippen molar-refractivity contribution in [2.45, 2.75) is 52.4 Å². The predicted octanol–water partition coefficient (Wildman–Crippen LogP) is 2.16. The van der Waals surface area contributed by atoms with Crippen LogP contribution in [0.1, 0.15) is 52.4 Å². The van der Waals surface area contributed by atoms with Gasteiger partial charge in [-0.15, -0.1) is 0 Å². The molecule has 0 radical (unpaired) electrons. The first-order valence-electron chi connectivity index (χ1n) is 8.40. The number of aliphatic hydroxyl groups excluding tert-OH is 1. The average Bonchev–Trinajstić information content (AvgIpc) is 2.48. The van der Waals surface area contributed by atoms with E-state index in [-0.39, 0.29) is 6.61 Å². The minimum Gasteiger partial charge on any atom is -0.396 e. The molecule has 0 bridgehead atoms. The van der Waals surface area contributed by atoms with E-state index < -0.39 is 0 Å². The molecule has 0 fully saturated rings. The van der Waals surface area contributed by atoms with Gasteiger partial charge in [-0.25, -0.2) is 0 Å². The molecule has 0 aromatic carbocycles. The zero-order valence-electron chi connectivity index (χ0n) is 14.2. The number of methoxy groups -OCH3 is 1. The third-order valence-corrected chi connectivity index (χ3v) is 3.40. The monoisotopic (exact) mass is 301 g/mol. The van der Waals surface area contributed by atoms with E-state index >= 15 is 0 Å². The summed E-state index contributed by atoms with van der Waals surface area (Å²) in [6.45, 7) is 7.94. The highest BCUT2D eigenvalue weighted by molar-refractivity contribution is 5.79. The Morgan fingerprint density at radius 2 is 1.95 bits per heavy atom. The van der Waals surface area contributed by atoms with Crippen LogP contribution < -0.4 is 10.6 Å². The lowest BCUT2D eigenvalue weighted by Gasteiger charge is -2.15. The minimum atomic E-state index is 0.254. The van der Waals surface area contributed by atoms with Crippen LogP contribution in [0.2, 0.25) is 0 Å². The second-order valence-electron chi connectivity index (χ2n) is 5.37. The Bertz CT molecular complexity index is 242. The number of guanidine groups is 1. The number of hydrogen-bond acceptors (Lipinski definition) is 3. The molecule has 0 aliphatic carbocycles. The van der Waals surface area contributed by atoms with Gasteiger partial charge in [-0.2, -0.15) is 0 Å². The Morgan fingerprint density at radius 3 is 2.57 bits per heavy atom. The van der Waals surface area contributed by atoms with Crippen LogP contribution >= 0.6 is 0 Å². The summed E-state index contributed by atoms with van der Waals surface area (Å²) < 4.78 is 5.04. The van der Waals surface area contributed by atoms with Crippen molar-refractivity contribution in [2.24, 2.45) is 10.9 Å². The third-order valence-electron chi connectivity index (χ3n) is 3.40. The Morgan fingerprint density at radius 1 is 1.14 bits per heavy atom. The summed E-state index contributed by atoms with van der Waals surface area (Å²) in [5.41, 5.74) is 0. The van der Waals surface area contributed by atoms with Gasteiger partial charge in [0.1, 0.15) is 0 Å². The molecule has 0 rings (SSSR count). The normalized spacial score (nSPS) is 13.2. The molecule has 21 heavy (non-hydrogen) atoms. The molecule has 0 amide bonds. The minimum absolute atomic E-state index is 0.254. The van der Waals surface area contributed by atoms with E-state index in [1.807, 2.05) is 0 Å². The van der Waals surface area contributed by atoms with Crippen LogP contribution in [0.15, 0.2) is 4.99 Å². The zero-order chi connectivity index (χ0) is 15.8. The summed E-state index contributed by atoms with van der Waals surface area (Å²) >= 11 is 0. The van der Waals surface area contributed by atoms with Crippen LogP contribution in [0.3, 0.4) is 0 Å². The highest BCUT2D eigenvalue weighted by Crippen LogP contribution is 2.10. The molecular weight excluding hydrogens is 266 g/mol. The Hall–Kier alpha value is -0.810. The van der Waals surface area contributed by atoms with Crippen molar-refractivity contribution in [1.29, 1.82) is 0 Å². The first-order chi connectivity index (χ1) is 10.3. The Kier molecular flexibility index (Phi) is 15.0. The number of aliphatic hydroxyl groups is 1. The lowest BCUT2D eigenvalue weighted by Crippen LogP contribution is -2.38. The van der Waals surface area contributed by atoms with Crippen molar-refractivity contribution in [3.8, 4) is 0 Å². The molecule has 0 saturated heterocycles. The highest BCUT2D eigenvalue weighted by Gasteiger charge is 2.07. The van der Waals surface area contributed by atoms with E-state index in [2.05, 4.69) is 29.5 Å². The predicted molar refractivity (Wildman–Crippen MR) is 89.8 cm³/mol. The van der Waals surface area contributed by atoms with Gasteiger partial charge in [-0.1, -0.05) is 13.3 Å². The van der Waals surface area contributed by atoms with Crippen molar-refractivity contribution < 1.29 is 9.84 Å². The quantitative estimate of drug-likeness (QED) is 0.277. The Labute approximate surface area is 130 Å². The molecule has 126 valence electrons. The van der Waals surface area contributed by atoms with Gasteiger partial charge in [0.25, 0.3) is 0 Å². The molecular formula is C16H35N3O2. The zero-order valence-corrected chi connectivity index (χ0v) is 14.2. The molecule has 3 N–H and O–H groups in total. The van der Waals surface area contributed by atoms with Gasteiger partial charge >= 0.3 is 0 Å². The van der Waals surface area contributed by atoms with E-state index in [1.165, 1.54) is 6.42 Å². The maximum atomic E-state index is 9.09. The number of nitrogens with zero attached hydrogens (tertiary/aromatic N) is 1. The number of hydrogen-bond donors (Lipinski definition) is 3. The topological polar surface area (TPSA) is 65.9 Å². The molecule has 0 spiro atoms. The number of nitrogens with one attached hydrogen (secondary N) is 2. The largest absolute Gasteiger partial charge is 0.396 e. The van der Waals surface area contributed by atoms with Gasteiger partial charge in [0, 0.05) is 40.0 Å². The number of rotatable bonds is 13. The van der Waals surface area contributed by atoms with Gasteiger partial charge < -0.3 is 20.5 Å². The summed E-state index contributed by atoms with van der Waals surface area (Å²) in [5, 5.41) is 15.7. The van der Waals surface area contributed by atoms with Gasteiger partial charge in [0.2, 0.25) is 0 Å². The highest BCUT2D eigenvalue weighted by atomic mass is 16.5. The van der Waals surface area contributed by atoms with Crippen molar-refractivity contribution in [3.63, 3.8) is 0 Å². The fraction of sp³-hybridized carbons (Fsp3) is 0.938. The van der Waals surface area contributed by atoms with Crippen LogP contribution in [0.25, 0.3) is 0 Å². The van der Waals surface area contributed by atoms with Gasteiger partial charge in [-0.05, 0) is 44.9 Å². The first kappa shape index (κ1) is 20.2. The van der Waals surface area contributed by atoms with E-state index in [1.54, 1.807) is 7.11 Å². The summed E-state index contributed by atoms with van der Waals surface area (Å²) in [6.07, 6.45) is 6.52. The lowest BCUT2D eigenvalue weighted by atomic mass is 10.0. The van der Waals surface area contributed by atoms with Crippen LogP contribution in [-0.4, -0.2) is 51.0 Å². The summed E-state index contributed by atoms with van der Waals surface area (Å²) in [6, 6.07) is 0. The smallest absolute Gasteiger partial charge is 0.191 e. The second-order valence-corrected chi connectivity index (χ2v) is 5.37. The molecule has 0 aromatic heterocycles. The van der Waals surface area contributed by atoms with Crippen LogP contribution in [-0.2, 0) is 4.74 Å². The third kappa shape index (κ3) is 12.6.